The van der Waals surface area contributed by atoms with Crippen LogP contribution in [0.1, 0.15) is 68.5 Å². The molecule has 152 valence electrons. The summed E-state index contributed by atoms with van der Waals surface area (Å²) in [7, 11) is 0. The van der Waals surface area contributed by atoms with Crippen molar-refractivity contribution in [3.63, 3.8) is 0 Å². The van der Waals surface area contributed by atoms with Gasteiger partial charge in [0.1, 0.15) is 5.76 Å². The van der Waals surface area contributed by atoms with Crippen molar-refractivity contribution in [1.82, 2.24) is 20.7 Å². The molecule has 0 aromatic carbocycles. The number of rotatable bonds is 6. The second kappa shape index (κ2) is 9.90. The Hall–Kier alpha value is -2.11. The van der Waals surface area contributed by atoms with Crippen LogP contribution in [0, 0.1) is 6.92 Å². The van der Waals surface area contributed by atoms with E-state index < -0.39 is 0 Å². The van der Waals surface area contributed by atoms with Gasteiger partial charge in [-0.3, -0.25) is 9.89 Å². The minimum atomic E-state index is -0.148. The van der Waals surface area contributed by atoms with Crippen LogP contribution in [0.4, 0.5) is 5.82 Å². The van der Waals surface area contributed by atoms with Crippen LogP contribution in [0.25, 0.3) is 0 Å². The second-order valence-corrected chi connectivity index (χ2v) is 7.64. The fraction of sp³-hybridized carbons (Fsp3) is 0.579. The molecule has 0 atom stereocenters. The quantitative estimate of drug-likeness (QED) is 0.488. The zero-order valence-electron chi connectivity index (χ0n) is 16.2. The van der Waals surface area contributed by atoms with E-state index in [-0.39, 0.29) is 35.2 Å². The summed E-state index contributed by atoms with van der Waals surface area (Å²) in [6.07, 6.45) is 9.02. The van der Waals surface area contributed by atoms with E-state index in [1.165, 1.54) is 25.7 Å². The van der Waals surface area contributed by atoms with E-state index in [1.54, 1.807) is 12.5 Å². The fourth-order valence-electron chi connectivity index (χ4n) is 3.13. The third-order valence-corrected chi connectivity index (χ3v) is 5.02. The van der Waals surface area contributed by atoms with Gasteiger partial charge < -0.3 is 20.0 Å². The van der Waals surface area contributed by atoms with Gasteiger partial charge in [-0.25, -0.2) is 0 Å². The Kier molecular flexibility index (Phi) is 7.84. The number of hydrogen-bond donors (Lipinski definition) is 3. The van der Waals surface area contributed by atoms with Crippen LogP contribution in [0.2, 0.25) is 0 Å². The van der Waals surface area contributed by atoms with Crippen LogP contribution >= 0.6 is 0 Å². The maximum absolute atomic E-state index is 11.9. The van der Waals surface area contributed by atoms with E-state index >= 15 is 0 Å². The largest absolute Gasteiger partial charge is 0.525 e. The van der Waals surface area contributed by atoms with E-state index in [4.69, 9.17) is 4.52 Å². The van der Waals surface area contributed by atoms with Gasteiger partial charge in [-0.15, -0.1) is 0 Å². The molecule has 0 spiro atoms. The zero-order chi connectivity index (χ0) is 19.3. The summed E-state index contributed by atoms with van der Waals surface area (Å²) in [5.74, 6) is 1.55. The minimum Gasteiger partial charge on any atom is -0.525 e. The number of aryl methyl sites for hydroxylation is 1. The SMILES string of the molecule is CC1(N[C-]=O)CC1.Cc1cc(CC(=O)Nc2cc(C3CCCC3)[nH]n2)on1.[Cr]. The third-order valence-electron chi connectivity index (χ3n) is 5.02. The van der Waals surface area contributed by atoms with Gasteiger partial charge in [0, 0.05) is 46.6 Å². The van der Waals surface area contributed by atoms with Gasteiger partial charge in [-0.1, -0.05) is 18.0 Å². The number of carbonyl (C=O) groups excluding carboxylic acids is 2. The first kappa shape index (κ1) is 22.2. The Bertz CT molecular complexity index is 778. The molecule has 2 saturated carbocycles. The van der Waals surface area contributed by atoms with Gasteiger partial charge in [-0.2, -0.15) is 11.5 Å². The van der Waals surface area contributed by atoms with Crippen molar-refractivity contribution >= 4 is 18.1 Å². The summed E-state index contributed by atoms with van der Waals surface area (Å²) >= 11 is 0. The molecule has 2 aromatic rings. The molecule has 9 heteroatoms. The first-order valence-electron chi connectivity index (χ1n) is 9.39. The number of nitrogens with one attached hydrogen (secondary N) is 3. The molecule has 0 aliphatic heterocycles. The molecule has 0 bridgehead atoms. The summed E-state index contributed by atoms with van der Waals surface area (Å²) in [6, 6.07) is 3.69. The monoisotopic (exact) mass is 424 g/mol. The van der Waals surface area contributed by atoms with Crippen LogP contribution in [0.3, 0.4) is 0 Å². The van der Waals surface area contributed by atoms with Crippen molar-refractivity contribution in [2.24, 2.45) is 0 Å². The molecule has 2 aromatic heterocycles. The van der Waals surface area contributed by atoms with Gasteiger partial charge in [0.2, 0.25) is 5.91 Å². The molecule has 4 rings (SSSR count). The van der Waals surface area contributed by atoms with E-state index in [0.29, 0.717) is 17.5 Å². The van der Waals surface area contributed by atoms with Gasteiger partial charge in [0.05, 0.1) is 12.1 Å². The van der Waals surface area contributed by atoms with Crippen LogP contribution in [-0.2, 0) is 33.4 Å². The van der Waals surface area contributed by atoms with Crippen molar-refractivity contribution in [2.75, 3.05) is 5.32 Å². The molecular formula is C19H26CrN5O3-. The normalized spacial score (nSPS) is 17.1. The van der Waals surface area contributed by atoms with Crippen molar-refractivity contribution < 1.29 is 31.5 Å². The second-order valence-electron chi connectivity index (χ2n) is 7.64. The predicted molar refractivity (Wildman–Crippen MR) is 99.8 cm³/mol. The Balaban J connectivity index is 0.000000298. The summed E-state index contributed by atoms with van der Waals surface area (Å²) in [5.41, 5.74) is 2.02. The maximum atomic E-state index is 11.9. The average molecular weight is 424 g/mol. The molecule has 2 amide bonds. The van der Waals surface area contributed by atoms with Crippen LogP contribution in [0.5, 0.6) is 0 Å². The molecule has 0 radical (unpaired) electrons. The van der Waals surface area contributed by atoms with E-state index in [1.807, 2.05) is 19.9 Å². The molecule has 8 nitrogen and oxygen atoms in total. The fourth-order valence-corrected chi connectivity index (χ4v) is 3.13. The number of amides is 2. The van der Waals surface area contributed by atoms with Gasteiger partial charge >= 0.3 is 0 Å². The number of hydrogen-bond acceptors (Lipinski definition) is 5. The molecule has 2 fully saturated rings. The molecular weight excluding hydrogens is 398 g/mol. The smallest absolute Gasteiger partial charge is 0.233 e. The summed E-state index contributed by atoms with van der Waals surface area (Å²) in [5, 5.41) is 16.3. The number of H-pyrrole nitrogens is 1. The Morgan fingerprint density at radius 2 is 2.07 bits per heavy atom. The van der Waals surface area contributed by atoms with E-state index in [2.05, 4.69) is 26.0 Å². The first-order chi connectivity index (χ1) is 13.0. The standard InChI is InChI=1S/C14H18N4O2.C5H8NO.Cr/c1-9-6-11(20-18-9)7-14(19)15-13-8-12(16-17-13)10-4-2-3-5-10;1-5(2-3-5)6-4-7;/h6,8,10H,2-5,7H2,1H3,(H2,15,16,17,19);2-3H2,1H3,(H,6,7);/q;-1;. The zero-order valence-corrected chi connectivity index (χ0v) is 17.5. The summed E-state index contributed by atoms with van der Waals surface area (Å²) in [6.45, 7) is 3.84. The Labute approximate surface area is 175 Å². The molecule has 0 unspecified atom stereocenters. The number of aromatic nitrogens is 3. The Morgan fingerprint density at radius 3 is 2.61 bits per heavy atom. The topological polar surface area (TPSA) is 113 Å². The minimum absolute atomic E-state index is 0. The van der Waals surface area contributed by atoms with Crippen molar-refractivity contribution in [3.05, 3.63) is 29.3 Å². The maximum Gasteiger partial charge on any atom is 0.233 e. The molecule has 28 heavy (non-hydrogen) atoms. The molecule has 2 aliphatic carbocycles. The molecule has 0 saturated heterocycles. The Morgan fingerprint density at radius 1 is 1.36 bits per heavy atom. The number of carbonyl (C=O) groups is 1. The first-order valence-corrected chi connectivity index (χ1v) is 9.39. The van der Waals surface area contributed by atoms with Crippen molar-refractivity contribution in [2.45, 2.75) is 70.3 Å². The van der Waals surface area contributed by atoms with Crippen LogP contribution in [0.15, 0.2) is 16.7 Å². The molecule has 2 aliphatic rings. The number of aromatic amines is 1. The van der Waals surface area contributed by atoms with Crippen LogP contribution in [-0.4, -0.2) is 33.2 Å². The average Bonchev–Trinajstić information content (AvgIpc) is 3.10. The number of anilines is 1. The third kappa shape index (κ3) is 6.50. The van der Waals surface area contributed by atoms with Crippen molar-refractivity contribution in [3.8, 4) is 0 Å². The van der Waals surface area contributed by atoms with Crippen LogP contribution < -0.4 is 10.6 Å². The molecule has 3 N–H and O–H groups in total. The van der Waals surface area contributed by atoms with Gasteiger partial charge in [0.15, 0.2) is 5.82 Å². The number of nitrogens with zero attached hydrogens (tertiary/aromatic N) is 2. The summed E-state index contributed by atoms with van der Waals surface area (Å²) < 4.78 is 5.02. The van der Waals surface area contributed by atoms with Gasteiger partial charge in [-0.05, 0) is 39.5 Å². The van der Waals surface area contributed by atoms with E-state index in [9.17, 15) is 9.59 Å². The van der Waals surface area contributed by atoms with E-state index in [0.717, 1.165) is 24.2 Å². The summed E-state index contributed by atoms with van der Waals surface area (Å²) in [4.78, 5) is 21.5. The van der Waals surface area contributed by atoms with Crippen molar-refractivity contribution in [1.29, 1.82) is 0 Å². The van der Waals surface area contributed by atoms with Gasteiger partial charge in [0.25, 0.3) is 0 Å². The molecule has 2 heterocycles. The predicted octanol–water partition coefficient (Wildman–Crippen LogP) is 2.74.